The zero-order valence-electron chi connectivity index (χ0n) is 11.6. The molecule has 0 spiro atoms. The first-order valence-corrected chi connectivity index (χ1v) is 8.21. The van der Waals surface area contributed by atoms with Crippen molar-refractivity contribution in [2.45, 2.75) is 23.4 Å². The highest BCUT2D eigenvalue weighted by Gasteiger charge is 2.16. The number of fused-ring (bicyclic) bond motifs is 1. The molecule has 7 heteroatoms. The molecule has 0 unspecified atom stereocenters. The van der Waals surface area contributed by atoms with Gasteiger partial charge in [-0.3, -0.25) is 4.79 Å². The maximum atomic E-state index is 12.2. The first kappa shape index (κ1) is 14.1. The molecule has 5 nitrogen and oxygen atoms in total. The van der Waals surface area contributed by atoms with Gasteiger partial charge in [0, 0.05) is 22.3 Å². The molecule has 0 aliphatic rings. The third kappa shape index (κ3) is 3.25. The molecule has 21 heavy (non-hydrogen) atoms. The lowest BCUT2D eigenvalue weighted by Crippen LogP contribution is -2.22. The van der Waals surface area contributed by atoms with Crippen LogP contribution in [0.4, 0.5) is 5.69 Å². The van der Waals surface area contributed by atoms with Gasteiger partial charge in [0.05, 0.1) is 5.25 Å². The Morgan fingerprint density at radius 3 is 3.05 bits per heavy atom. The van der Waals surface area contributed by atoms with Gasteiger partial charge in [-0.25, -0.2) is 0 Å². The van der Waals surface area contributed by atoms with Gasteiger partial charge in [0.25, 0.3) is 0 Å². The summed E-state index contributed by atoms with van der Waals surface area (Å²) in [6.07, 6.45) is 0. The Morgan fingerprint density at radius 1 is 1.43 bits per heavy atom. The number of amides is 1. The van der Waals surface area contributed by atoms with Crippen LogP contribution in [-0.4, -0.2) is 26.3 Å². The van der Waals surface area contributed by atoms with E-state index >= 15 is 0 Å². The zero-order chi connectivity index (χ0) is 14.8. The maximum Gasteiger partial charge on any atom is 0.237 e. The molecule has 1 aromatic carbocycles. The number of aromatic nitrogens is 3. The van der Waals surface area contributed by atoms with Crippen LogP contribution in [0.1, 0.15) is 12.6 Å². The third-order valence-corrected chi connectivity index (χ3v) is 4.92. The van der Waals surface area contributed by atoms with Gasteiger partial charge in [0.2, 0.25) is 5.91 Å². The van der Waals surface area contributed by atoms with Crippen LogP contribution in [0.2, 0.25) is 0 Å². The summed E-state index contributed by atoms with van der Waals surface area (Å²) in [5, 5.41) is 11.5. The average Bonchev–Trinajstić information content (AvgIpc) is 3.06. The number of carbonyl (C=O) groups is 1. The molecule has 0 saturated heterocycles. The smallest absolute Gasteiger partial charge is 0.237 e. The van der Waals surface area contributed by atoms with Gasteiger partial charge >= 0.3 is 0 Å². The third-order valence-electron chi connectivity index (χ3n) is 3.01. The summed E-state index contributed by atoms with van der Waals surface area (Å²) in [5.41, 5.74) is 4.64. The van der Waals surface area contributed by atoms with E-state index in [2.05, 4.69) is 26.6 Å². The Kier molecular flexibility index (Phi) is 3.94. The minimum atomic E-state index is -0.221. The van der Waals surface area contributed by atoms with E-state index in [0.29, 0.717) is 0 Å². The highest BCUT2D eigenvalue weighted by molar-refractivity contribution is 8.02. The monoisotopic (exact) mass is 318 g/mol. The fraction of sp³-hybridized carbons (Fsp3) is 0.214. The molecule has 2 heterocycles. The molecule has 0 saturated carbocycles. The van der Waals surface area contributed by atoms with Gasteiger partial charge in [0.1, 0.15) is 5.51 Å². The van der Waals surface area contributed by atoms with Crippen LogP contribution in [0.25, 0.3) is 10.9 Å². The number of hydrogen-bond acceptors (Lipinski definition) is 5. The minimum Gasteiger partial charge on any atom is -0.359 e. The molecule has 0 fully saturated rings. The number of aryl methyl sites for hydroxylation is 1. The lowest BCUT2D eigenvalue weighted by atomic mass is 10.2. The second kappa shape index (κ2) is 5.87. The fourth-order valence-corrected chi connectivity index (χ4v) is 3.64. The molecule has 1 atom stereocenters. The van der Waals surface area contributed by atoms with Crippen LogP contribution >= 0.6 is 23.1 Å². The molecular formula is C14H14N4OS2. The molecule has 0 aliphatic heterocycles. The van der Waals surface area contributed by atoms with Crippen molar-refractivity contribution in [1.29, 1.82) is 0 Å². The van der Waals surface area contributed by atoms with Crippen LogP contribution in [-0.2, 0) is 4.79 Å². The summed E-state index contributed by atoms with van der Waals surface area (Å²) in [4.78, 5) is 15.5. The van der Waals surface area contributed by atoms with E-state index in [1.165, 1.54) is 23.1 Å². The molecule has 0 bridgehead atoms. The number of thioether (sulfide) groups is 1. The summed E-state index contributed by atoms with van der Waals surface area (Å²) < 4.78 is 0.800. The number of carbonyl (C=O) groups excluding carboxylic acids is 1. The Hall–Kier alpha value is -1.86. The fourth-order valence-electron chi connectivity index (χ4n) is 2.02. The predicted molar refractivity (Wildman–Crippen MR) is 86.9 cm³/mol. The summed E-state index contributed by atoms with van der Waals surface area (Å²) in [6.45, 7) is 3.87. The summed E-state index contributed by atoms with van der Waals surface area (Å²) >= 11 is 2.85. The Labute approximate surface area is 130 Å². The summed E-state index contributed by atoms with van der Waals surface area (Å²) in [6, 6.07) is 7.91. The van der Waals surface area contributed by atoms with Gasteiger partial charge < -0.3 is 10.3 Å². The number of nitrogens with zero attached hydrogens (tertiary/aromatic N) is 2. The molecule has 0 aliphatic carbocycles. The van der Waals surface area contributed by atoms with E-state index in [9.17, 15) is 4.79 Å². The van der Waals surface area contributed by atoms with Crippen LogP contribution < -0.4 is 5.32 Å². The normalized spacial score (nSPS) is 12.5. The zero-order valence-corrected chi connectivity index (χ0v) is 13.2. The number of anilines is 1. The van der Waals surface area contributed by atoms with Crippen molar-refractivity contribution in [2.24, 2.45) is 0 Å². The van der Waals surface area contributed by atoms with Gasteiger partial charge in [-0.1, -0.05) is 23.1 Å². The quantitative estimate of drug-likeness (QED) is 0.723. The van der Waals surface area contributed by atoms with E-state index in [-0.39, 0.29) is 11.2 Å². The van der Waals surface area contributed by atoms with Crippen molar-refractivity contribution in [3.63, 3.8) is 0 Å². The molecule has 0 radical (unpaired) electrons. The van der Waals surface area contributed by atoms with Crippen LogP contribution in [0.5, 0.6) is 0 Å². The van der Waals surface area contributed by atoms with Gasteiger partial charge in [-0.05, 0) is 38.1 Å². The average molecular weight is 318 g/mol. The van der Waals surface area contributed by atoms with E-state index < -0.39 is 0 Å². The van der Waals surface area contributed by atoms with E-state index in [0.717, 1.165) is 26.6 Å². The second-order valence-corrected chi connectivity index (χ2v) is 7.13. The molecular weight excluding hydrogens is 304 g/mol. The molecule has 2 N–H and O–H groups in total. The lowest BCUT2D eigenvalue weighted by Gasteiger charge is -2.10. The SMILES string of the molecule is Cc1cc2cc(NC(=O)[C@@H](C)Sc3nncs3)ccc2[nH]1. The first-order valence-electron chi connectivity index (χ1n) is 6.45. The second-order valence-electron chi connectivity index (χ2n) is 4.71. The van der Waals surface area contributed by atoms with Crippen molar-refractivity contribution >= 4 is 45.6 Å². The predicted octanol–water partition coefficient (Wildman–Crippen LogP) is 3.45. The summed E-state index contributed by atoms with van der Waals surface area (Å²) in [7, 11) is 0. The first-order chi connectivity index (χ1) is 10.1. The van der Waals surface area contributed by atoms with Crippen LogP contribution in [0.3, 0.4) is 0 Å². The lowest BCUT2D eigenvalue weighted by molar-refractivity contribution is -0.115. The highest BCUT2D eigenvalue weighted by atomic mass is 32.2. The van der Waals surface area contributed by atoms with Crippen molar-refractivity contribution in [2.75, 3.05) is 5.32 Å². The van der Waals surface area contributed by atoms with E-state index in [1.54, 1.807) is 5.51 Å². The van der Waals surface area contributed by atoms with Gasteiger partial charge in [-0.15, -0.1) is 10.2 Å². The van der Waals surface area contributed by atoms with E-state index in [4.69, 9.17) is 0 Å². The molecule has 3 aromatic rings. The molecule has 1 amide bonds. The highest BCUT2D eigenvalue weighted by Crippen LogP contribution is 2.26. The van der Waals surface area contributed by atoms with Crippen LogP contribution in [0.15, 0.2) is 34.1 Å². The van der Waals surface area contributed by atoms with Crippen LogP contribution in [0, 0.1) is 6.92 Å². The number of benzene rings is 1. The minimum absolute atomic E-state index is 0.0400. The number of rotatable bonds is 4. The largest absolute Gasteiger partial charge is 0.359 e. The number of aromatic amines is 1. The number of hydrogen-bond donors (Lipinski definition) is 2. The number of H-pyrrole nitrogens is 1. The van der Waals surface area contributed by atoms with E-state index in [1.807, 2.05) is 32.0 Å². The summed E-state index contributed by atoms with van der Waals surface area (Å²) in [5.74, 6) is -0.0400. The Bertz CT molecular complexity index is 766. The van der Waals surface area contributed by atoms with Gasteiger partial charge in [-0.2, -0.15) is 0 Å². The van der Waals surface area contributed by atoms with Crippen molar-refractivity contribution in [1.82, 2.24) is 15.2 Å². The number of nitrogens with one attached hydrogen (secondary N) is 2. The molecule has 2 aromatic heterocycles. The molecule has 108 valence electrons. The van der Waals surface area contributed by atoms with Gasteiger partial charge in [0.15, 0.2) is 4.34 Å². The maximum absolute atomic E-state index is 12.2. The van der Waals surface area contributed by atoms with Crippen molar-refractivity contribution in [3.05, 3.63) is 35.5 Å². The molecule has 3 rings (SSSR count). The Balaban J connectivity index is 1.70. The topological polar surface area (TPSA) is 70.7 Å². The standard InChI is InChI=1S/C14H14N4OS2/c1-8-5-10-6-11(3-4-12(10)16-8)17-13(19)9(2)21-14-18-15-7-20-14/h3-7,9,16H,1-2H3,(H,17,19)/t9-/m1/s1. The van der Waals surface area contributed by atoms with Crippen molar-refractivity contribution < 1.29 is 4.79 Å². The van der Waals surface area contributed by atoms with Crippen molar-refractivity contribution in [3.8, 4) is 0 Å². The Morgan fingerprint density at radius 2 is 2.29 bits per heavy atom.